The van der Waals surface area contributed by atoms with E-state index in [2.05, 4.69) is 23.3 Å². The highest BCUT2D eigenvalue weighted by Crippen LogP contribution is 2.37. The van der Waals surface area contributed by atoms with Crippen LogP contribution in [0, 0.1) is 0 Å². The standard InChI is InChI=1S/C21H26N6O/c1-2-10-26-20-17(24-18(25-20)14-6-3-4-7-14)19-23-12-16(13-27(19)21(26)28)15-8-5-9-22-11-15/h5,8-9,11,14,16,23H,2-4,6-7,10,12-13H2,1H3. The molecule has 1 atom stereocenters. The molecule has 1 aromatic heterocycles. The van der Waals surface area contributed by atoms with Gasteiger partial charge >= 0.3 is 5.69 Å². The van der Waals surface area contributed by atoms with E-state index in [0.29, 0.717) is 19.0 Å². The lowest BCUT2D eigenvalue weighted by molar-refractivity contribution is 0.492. The zero-order valence-electron chi connectivity index (χ0n) is 16.3. The van der Waals surface area contributed by atoms with Crippen LogP contribution in [0.25, 0.3) is 11.5 Å². The van der Waals surface area contributed by atoms with E-state index in [4.69, 9.17) is 9.97 Å². The smallest absolute Gasteiger partial charge is 0.331 e. The van der Waals surface area contributed by atoms with Crippen LogP contribution in [-0.4, -0.2) is 30.6 Å². The Morgan fingerprint density at radius 2 is 2.07 bits per heavy atom. The molecule has 1 fully saturated rings. The molecule has 0 saturated heterocycles. The van der Waals surface area contributed by atoms with Crippen LogP contribution in [0.4, 0.5) is 5.82 Å². The molecule has 1 aliphatic carbocycles. The van der Waals surface area contributed by atoms with Gasteiger partial charge in [-0.05, 0) is 30.9 Å². The molecule has 3 aliphatic heterocycles. The van der Waals surface area contributed by atoms with Crippen molar-refractivity contribution in [2.24, 2.45) is 0 Å². The lowest BCUT2D eigenvalue weighted by Crippen LogP contribution is -2.40. The van der Waals surface area contributed by atoms with Crippen molar-refractivity contribution in [3.05, 3.63) is 46.4 Å². The number of nitrogens with zero attached hydrogens (tertiary/aromatic N) is 5. The average molecular weight is 378 g/mol. The second-order valence-corrected chi connectivity index (χ2v) is 7.99. The number of nitrogens with one attached hydrogen (secondary N) is 1. The molecule has 0 spiro atoms. The molecule has 5 rings (SSSR count). The van der Waals surface area contributed by atoms with E-state index in [1.807, 2.05) is 21.4 Å². The average Bonchev–Trinajstić information content (AvgIpc) is 3.41. The SMILES string of the molecule is CCCn1c2nc(C3CCCC3)nc-2c2n(c1=O)CC(c1cccnc1)CN2. The maximum atomic E-state index is 13.3. The predicted octanol–water partition coefficient (Wildman–Crippen LogP) is 3.22. The first-order valence-electron chi connectivity index (χ1n) is 10.4. The molecule has 7 heteroatoms. The Morgan fingerprint density at radius 3 is 2.82 bits per heavy atom. The second kappa shape index (κ2) is 7.04. The van der Waals surface area contributed by atoms with Gasteiger partial charge in [-0.15, -0.1) is 0 Å². The summed E-state index contributed by atoms with van der Waals surface area (Å²) >= 11 is 0. The van der Waals surface area contributed by atoms with E-state index in [1.54, 1.807) is 6.20 Å². The van der Waals surface area contributed by atoms with Gasteiger partial charge in [0.05, 0.1) is 0 Å². The van der Waals surface area contributed by atoms with Crippen molar-refractivity contribution in [3.63, 3.8) is 0 Å². The van der Waals surface area contributed by atoms with Crippen molar-refractivity contribution in [1.82, 2.24) is 24.1 Å². The van der Waals surface area contributed by atoms with Gasteiger partial charge in [0.25, 0.3) is 0 Å². The van der Waals surface area contributed by atoms with E-state index in [-0.39, 0.29) is 11.6 Å². The monoisotopic (exact) mass is 378 g/mol. The quantitative estimate of drug-likeness (QED) is 0.754. The summed E-state index contributed by atoms with van der Waals surface area (Å²) < 4.78 is 3.67. The van der Waals surface area contributed by atoms with Gasteiger partial charge in [0, 0.05) is 43.9 Å². The highest BCUT2D eigenvalue weighted by atomic mass is 16.1. The minimum absolute atomic E-state index is 0.00307. The summed E-state index contributed by atoms with van der Waals surface area (Å²) in [4.78, 5) is 27.3. The third-order valence-electron chi connectivity index (χ3n) is 6.11. The molecule has 0 aromatic carbocycles. The van der Waals surface area contributed by atoms with E-state index in [0.717, 1.165) is 54.5 Å². The van der Waals surface area contributed by atoms with Gasteiger partial charge < -0.3 is 5.32 Å². The highest BCUT2D eigenvalue weighted by Gasteiger charge is 2.32. The molecule has 0 amide bonds. The third kappa shape index (κ3) is 2.80. The van der Waals surface area contributed by atoms with Crippen LogP contribution in [0.5, 0.6) is 0 Å². The van der Waals surface area contributed by atoms with Crippen molar-refractivity contribution in [2.45, 2.75) is 64.0 Å². The van der Waals surface area contributed by atoms with E-state index >= 15 is 0 Å². The van der Waals surface area contributed by atoms with E-state index in [9.17, 15) is 4.79 Å². The van der Waals surface area contributed by atoms with Gasteiger partial charge in [0.1, 0.15) is 17.3 Å². The fraction of sp³-hybridized carbons (Fsp3) is 0.524. The molecule has 0 bridgehead atoms. The molecular formula is C21H26N6O. The number of fused-ring (bicyclic) bond motifs is 3. The van der Waals surface area contributed by atoms with Gasteiger partial charge in [0.2, 0.25) is 0 Å². The van der Waals surface area contributed by atoms with Crippen LogP contribution < -0.4 is 11.0 Å². The van der Waals surface area contributed by atoms with Gasteiger partial charge in [-0.1, -0.05) is 25.8 Å². The number of hydrogen-bond donors (Lipinski definition) is 1. The Bertz CT molecular complexity index is 1000. The summed E-state index contributed by atoms with van der Waals surface area (Å²) in [6.45, 7) is 4.16. The number of pyridine rings is 1. The maximum Gasteiger partial charge on any atom is 0.331 e. The molecule has 0 radical (unpaired) electrons. The van der Waals surface area contributed by atoms with Crippen molar-refractivity contribution in [1.29, 1.82) is 0 Å². The molecule has 1 saturated carbocycles. The summed E-state index contributed by atoms with van der Waals surface area (Å²) in [7, 11) is 0. The van der Waals surface area contributed by atoms with Gasteiger partial charge in [0.15, 0.2) is 5.82 Å². The fourth-order valence-electron chi connectivity index (χ4n) is 4.64. The summed E-state index contributed by atoms with van der Waals surface area (Å²) in [5.41, 5.74) is 2.00. The van der Waals surface area contributed by atoms with Crippen molar-refractivity contribution in [3.8, 4) is 11.5 Å². The molecule has 1 unspecified atom stereocenters. The van der Waals surface area contributed by atoms with Gasteiger partial charge in [-0.2, -0.15) is 0 Å². The Hall–Kier alpha value is -2.70. The first-order chi connectivity index (χ1) is 13.8. The van der Waals surface area contributed by atoms with Gasteiger partial charge in [-0.3, -0.25) is 14.1 Å². The minimum Gasteiger partial charge on any atom is -0.369 e. The fourth-order valence-corrected chi connectivity index (χ4v) is 4.64. The summed E-state index contributed by atoms with van der Waals surface area (Å²) in [5.74, 6) is 3.13. The summed E-state index contributed by atoms with van der Waals surface area (Å²) in [5, 5.41) is 3.49. The zero-order valence-corrected chi connectivity index (χ0v) is 16.3. The van der Waals surface area contributed by atoms with Crippen LogP contribution in [-0.2, 0) is 13.1 Å². The highest BCUT2D eigenvalue weighted by molar-refractivity contribution is 5.69. The van der Waals surface area contributed by atoms with Crippen molar-refractivity contribution in [2.75, 3.05) is 11.9 Å². The van der Waals surface area contributed by atoms with Crippen LogP contribution in [0.2, 0.25) is 0 Å². The summed E-state index contributed by atoms with van der Waals surface area (Å²) in [6.07, 6.45) is 9.36. The van der Waals surface area contributed by atoms with Crippen molar-refractivity contribution < 1.29 is 0 Å². The normalized spacial score (nSPS) is 19.7. The van der Waals surface area contributed by atoms with Crippen LogP contribution in [0.3, 0.4) is 0 Å². The molecule has 7 nitrogen and oxygen atoms in total. The topological polar surface area (TPSA) is 77.6 Å². The number of anilines is 1. The molecule has 4 heterocycles. The maximum absolute atomic E-state index is 13.3. The van der Waals surface area contributed by atoms with Crippen LogP contribution >= 0.6 is 0 Å². The zero-order chi connectivity index (χ0) is 19.1. The first kappa shape index (κ1) is 17.4. The lowest BCUT2D eigenvalue weighted by Gasteiger charge is -2.29. The number of aromatic nitrogens is 5. The number of hydrogen-bond acceptors (Lipinski definition) is 5. The molecule has 4 aliphatic rings. The molecule has 1 aromatic rings. The van der Waals surface area contributed by atoms with Crippen LogP contribution in [0.1, 0.15) is 62.3 Å². The molecular weight excluding hydrogens is 352 g/mol. The number of rotatable bonds is 4. The second-order valence-electron chi connectivity index (χ2n) is 7.99. The van der Waals surface area contributed by atoms with E-state index < -0.39 is 0 Å². The predicted molar refractivity (Wildman–Crippen MR) is 108 cm³/mol. The van der Waals surface area contributed by atoms with E-state index in [1.165, 1.54) is 12.8 Å². The third-order valence-corrected chi connectivity index (χ3v) is 6.11. The molecule has 28 heavy (non-hydrogen) atoms. The van der Waals surface area contributed by atoms with Crippen molar-refractivity contribution >= 4 is 5.82 Å². The largest absolute Gasteiger partial charge is 0.369 e. The Kier molecular flexibility index (Phi) is 4.37. The Labute approximate surface area is 164 Å². The molecule has 1 N–H and O–H groups in total. The minimum atomic E-state index is 0.00307. The first-order valence-corrected chi connectivity index (χ1v) is 10.4. The summed E-state index contributed by atoms with van der Waals surface area (Å²) in [6, 6.07) is 4.03. The van der Waals surface area contributed by atoms with Crippen LogP contribution in [0.15, 0.2) is 29.3 Å². The lowest BCUT2D eigenvalue weighted by atomic mass is 9.99. The molecule has 146 valence electrons. The van der Waals surface area contributed by atoms with Gasteiger partial charge in [-0.25, -0.2) is 14.8 Å². The number of imidazole rings is 1. The Morgan fingerprint density at radius 1 is 1.21 bits per heavy atom. The Balaban J connectivity index is 1.62.